The van der Waals surface area contributed by atoms with Crippen LogP contribution in [0.1, 0.15) is 41.6 Å². The first kappa shape index (κ1) is 19.6. The molecule has 6 heteroatoms. The number of benzene rings is 1. The molecule has 0 radical (unpaired) electrons. The maximum absolute atomic E-state index is 11.7. The smallest absolute Gasteiger partial charge is 0.251 e. The lowest BCUT2D eigenvalue weighted by atomic mass is 10.1. The number of aliphatic hydroxyl groups excluding tert-OH is 1. The topological polar surface area (TPSA) is 95.5 Å². The van der Waals surface area contributed by atoms with Gasteiger partial charge in [0, 0.05) is 31.7 Å². The van der Waals surface area contributed by atoms with E-state index in [1.807, 2.05) is 6.07 Å². The van der Waals surface area contributed by atoms with Gasteiger partial charge in [-0.25, -0.2) is 0 Å². The Hall–Kier alpha value is -2.47. The van der Waals surface area contributed by atoms with Crippen molar-refractivity contribution in [1.29, 1.82) is 0 Å². The van der Waals surface area contributed by atoms with Crippen molar-refractivity contribution >= 4 is 23.7 Å². The SMILES string of the molecule is CNC(=O)c1cccc(/C=C/C(=O)NCCCCCC(=O)CO)c1. The van der Waals surface area contributed by atoms with Gasteiger partial charge in [-0.15, -0.1) is 0 Å². The maximum Gasteiger partial charge on any atom is 0.251 e. The van der Waals surface area contributed by atoms with E-state index in [0.717, 1.165) is 24.8 Å². The van der Waals surface area contributed by atoms with E-state index in [9.17, 15) is 14.4 Å². The van der Waals surface area contributed by atoms with Gasteiger partial charge in [0.05, 0.1) is 0 Å². The van der Waals surface area contributed by atoms with E-state index < -0.39 is 6.61 Å². The standard InChI is InChI=1S/C18H24N2O4/c1-19-18(24)15-7-5-6-14(12-15)9-10-17(23)20-11-4-2-3-8-16(22)13-21/h5-7,9-10,12,21H,2-4,8,11,13H2,1H3,(H,19,24)(H,20,23)/b10-9+. The molecule has 3 N–H and O–H groups in total. The fourth-order valence-electron chi connectivity index (χ4n) is 2.07. The normalized spacial score (nSPS) is 10.6. The van der Waals surface area contributed by atoms with Gasteiger partial charge in [-0.05, 0) is 36.6 Å². The molecular formula is C18H24N2O4. The van der Waals surface area contributed by atoms with Crippen molar-refractivity contribution in [2.75, 3.05) is 20.2 Å². The third-order valence-electron chi connectivity index (χ3n) is 3.41. The van der Waals surface area contributed by atoms with Crippen LogP contribution in [0, 0.1) is 0 Å². The molecular weight excluding hydrogens is 308 g/mol. The molecule has 0 atom stereocenters. The molecule has 0 saturated carbocycles. The Morgan fingerprint density at radius 1 is 1.17 bits per heavy atom. The Morgan fingerprint density at radius 3 is 2.67 bits per heavy atom. The quantitative estimate of drug-likeness (QED) is 0.444. The lowest BCUT2D eigenvalue weighted by molar-refractivity contribution is -0.122. The van der Waals surface area contributed by atoms with Gasteiger partial charge in [-0.2, -0.15) is 0 Å². The van der Waals surface area contributed by atoms with Crippen molar-refractivity contribution in [2.45, 2.75) is 25.7 Å². The van der Waals surface area contributed by atoms with Crippen LogP contribution in [0.15, 0.2) is 30.3 Å². The molecule has 2 amide bonds. The van der Waals surface area contributed by atoms with E-state index in [1.54, 1.807) is 31.3 Å². The summed E-state index contributed by atoms with van der Waals surface area (Å²) < 4.78 is 0. The van der Waals surface area contributed by atoms with Crippen LogP contribution < -0.4 is 10.6 Å². The Kier molecular flexibility index (Phi) is 9.07. The Bertz CT molecular complexity index is 596. The van der Waals surface area contributed by atoms with Gasteiger partial charge in [-0.3, -0.25) is 14.4 Å². The second-order valence-electron chi connectivity index (χ2n) is 5.34. The van der Waals surface area contributed by atoms with E-state index in [-0.39, 0.29) is 17.6 Å². The second-order valence-corrected chi connectivity index (χ2v) is 5.34. The number of ketones is 1. The van der Waals surface area contributed by atoms with E-state index in [0.29, 0.717) is 18.5 Å². The second kappa shape index (κ2) is 11.1. The summed E-state index contributed by atoms with van der Waals surface area (Å²) in [6.45, 7) is 0.136. The molecule has 0 aliphatic heterocycles. The largest absolute Gasteiger partial charge is 0.389 e. The molecule has 0 bridgehead atoms. The summed E-state index contributed by atoms with van der Waals surface area (Å²) in [5, 5.41) is 13.9. The Labute approximate surface area is 141 Å². The zero-order valence-corrected chi connectivity index (χ0v) is 13.9. The lowest BCUT2D eigenvalue weighted by Crippen LogP contribution is -2.22. The van der Waals surface area contributed by atoms with Crippen molar-refractivity contribution in [3.63, 3.8) is 0 Å². The van der Waals surface area contributed by atoms with Gasteiger partial charge in [0.15, 0.2) is 5.78 Å². The number of unbranched alkanes of at least 4 members (excludes halogenated alkanes) is 2. The third kappa shape index (κ3) is 7.69. The van der Waals surface area contributed by atoms with E-state index in [4.69, 9.17) is 5.11 Å². The van der Waals surface area contributed by atoms with E-state index >= 15 is 0 Å². The minimum Gasteiger partial charge on any atom is -0.389 e. The highest BCUT2D eigenvalue weighted by molar-refractivity contribution is 5.95. The molecule has 0 aliphatic rings. The number of amides is 2. The number of Topliss-reactive ketones (excluding diaryl/α,β-unsaturated/α-hetero) is 1. The molecule has 0 heterocycles. The van der Waals surface area contributed by atoms with Crippen LogP contribution in [-0.2, 0) is 9.59 Å². The van der Waals surface area contributed by atoms with Crippen molar-refractivity contribution < 1.29 is 19.5 Å². The minimum absolute atomic E-state index is 0.152. The Balaban J connectivity index is 2.31. The minimum atomic E-state index is -0.400. The van der Waals surface area contributed by atoms with Gasteiger partial charge in [-0.1, -0.05) is 18.6 Å². The molecule has 130 valence electrons. The number of hydrogen-bond donors (Lipinski definition) is 3. The van der Waals surface area contributed by atoms with Crippen LogP contribution in [0.2, 0.25) is 0 Å². The summed E-state index contributed by atoms with van der Waals surface area (Å²) in [4.78, 5) is 34.2. The molecule has 0 unspecified atom stereocenters. The first-order chi connectivity index (χ1) is 11.6. The molecule has 0 spiro atoms. The van der Waals surface area contributed by atoms with E-state index in [2.05, 4.69) is 10.6 Å². The van der Waals surface area contributed by atoms with Crippen LogP contribution >= 0.6 is 0 Å². The fraction of sp³-hybridized carbons (Fsp3) is 0.389. The van der Waals surface area contributed by atoms with Gasteiger partial charge in [0.2, 0.25) is 5.91 Å². The number of carbonyl (C=O) groups excluding carboxylic acids is 3. The molecule has 1 rings (SSSR count). The fourth-order valence-corrected chi connectivity index (χ4v) is 2.07. The number of nitrogens with one attached hydrogen (secondary N) is 2. The molecule has 1 aromatic carbocycles. The monoisotopic (exact) mass is 332 g/mol. The first-order valence-electron chi connectivity index (χ1n) is 7.97. The Morgan fingerprint density at radius 2 is 1.96 bits per heavy atom. The summed E-state index contributed by atoms with van der Waals surface area (Å²) in [6, 6.07) is 6.99. The van der Waals surface area contributed by atoms with E-state index in [1.165, 1.54) is 6.08 Å². The van der Waals surface area contributed by atoms with Gasteiger partial charge >= 0.3 is 0 Å². The van der Waals surface area contributed by atoms with Crippen molar-refractivity contribution in [3.8, 4) is 0 Å². The van der Waals surface area contributed by atoms with Crippen LogP contribution in [0.4, 0.5) is 0 Å². The van der Waals surface area contributed by atoms with Crippen LogP contribution in [0.5, 0.6) is 0 Å². The number of aliphatic hydroxyl groups is 1. The van der Waals surface area contributed by atoms with Crippen LogP contribution in [0.3, 0.4) is 0 Å². The summed E-state index contributed by atoms with van der Waals surface area (Å²) in [5.74, 6) is -0.526. The molecule has 0 fully saturated rings. The number of hydrogen-bond acceptors (Lipinski definition) is 4. The summed E-state index contributed by atoms with van der Waals surface area (Å²) >= 11 is 0. The summed E-state index contributed by atoms with van der Waals surface area (Å²) in [5.41, 5.74) is 1.31. The average Bonchev–Trinajstić information content (AvgIpc) is 2.62. The average molecular weight is 332 g/mol. The predicted molar refractivity (Wildman–Crippen MR) is 92.4 cm³/mol. The third-order valence-corrected chi connectivity index (χ3v) is 3.41. The zero-order valence-electron chi connectivity index (χ0n) is 13.9. The number of carbonyl (C=O) groups is 3. The predicted octanol–water partition coefficient (Wildman–Crippen LogP) is 1.30. The van der Waals surface area contributed by atoms with Crippen LogP contribution in [0.25, 0.3) is 6.08 Å². The molecule has 0 aliphatic carbocycles. The lowest BCUT2D eigenvalue weighted by Gasteiger charge is -2.03. The molecule has 1 aromatic rings. The zero-order chi connectivity index (χ0) is 17.8. The van der Waals surface area contributed by atoms with Gasteiger partial charge in [0.25, 0.3) is 5.91 Å². The molecule has 24 heavy (non-hydrogen) atoms. The number of rotatable bonds is 10. The van der Waals surface area contributed by atoms with Crippen molar-refractivity contribution in [3.05, 3.63) is 41.5 Å². The van der Waals surface area contributed by atoms with Crippen molar-refractivity contribution in [1.82, 2.24) is 10.6 Å². The summed E-state index contributed by atoms with van der Waals surface area (Å²) in [7, 11) is 1.57. The molecule has 0 aromatic heterocycles. The first-order valence-corrected chi connectivity index (χ1v) is 7.97. The van der Waals surface area contributed by atoms with Crippen LogP contribution in [-0.4, -0.2) is 42.9 Å². The highest BCUT2D eigenvalue weighted by Gasteiger charge is 2.02. The van der Waals surface area contributed by atoms with Gasteiger partial charge in [0.1, 0.15) is 6.61 Å². The molecule has 6 nitrogen and oxygen atoms in total. The summed E-state index contributed by atoms with van der Waals surface area (Å²) in [6.07, 6.45) is 5.79. The highest BCUT2D eigenvalue weighted by atomic mass is 16.3. The van der Waals surface area contributed by atoms with Crippen molar-refractivity contribution in [2.24, 2.45) is 0 Å². The maximum atomic E-state index is 11.7. The van der Waals surface area contributed by atoms with Gasteiger partial charge < -0.3 is 15.7 Å². The highest BCUT2D eigenvalue weighted by Crippen LogP contribution is 2.07. The molecule has 0 saturated heterocycles.